The Hall–Kier alpha value is 0.600. The van der Waals surface area contributed by atoms with Crippen molar-refractivity contribution in [2.45, 2.75) is 6.92 Å². The van der Waals surface area contributed by atoms with Crippen LogP contribution >= 0.6 is 0 Å². The van der Waals surface area contributed by atoms with Crippen molar-refractivity contribution >= 4 is 42.2 Å². The molecule has 0 unspecified atom stereocenters. The van der Waals surface area contributed by atoms with Gasteiger partial charge in [-0.05, 0) is 0 Å². The summed E-state index contributed by atoms with van der Waals surface area (Å²) in [4.78, 5) is 9.00. The average Bonchev–Trinajstić information content (AvgIpc) is 0.811. The molecule has 0 aromatic rings. The van der Waals surface area contributed by atoms with E-state index < -0.39 is 5.97 Å². The van der Waals surface area contributed by atoms with E-state index >= 15 is 0 Å². The van der Waals surface area contributed by atoms with Gasteiger partial charge in [0.2, 0.25) is 0 Å². The van der Waals surface area contributed by atoms with Gasteiger partial charge in [-0.1, -0.05) is 0 Å². The maximum absolute atomic E-state index is 9.00. The molecule has 0 rings (SSSR count). The second-order valence-electron chi connectivity index (χ2n) is 0.519. The fourth-order valence-corrected chi connectivity index (χ4v) is 0. The SMILES string of the molecule is CC(=O)O.[AlH3].[LiH]. The first-order valence-corrected chi connectivity index (χ1v) is 0.928. The zero-order chi connectivity index (χ0) is 3.58. The Morgan fingerprint density at radius 1 is 1.67 bits per heavy atom. The third-order valence-corrected chi connectivity index (χ3v) is 0. The van der Waals surface area contributed by atoms with Gasteiger partial charge in [-0.15, -0.1) is 0 Å². The quantitative estimate of drug-likeness (QED) is 0.365. The van der Waals surface area contributed by atoms with Crippen molar-refractivity contribution in [2.75, 3.05) is 0 Å². The second-order valence-corrected chi connectivity index (χ2v) is 0.519. The van der Waals surface area contributed by atoms with Crippen LogP contribution in [0.5, 0.6) is 0 Å². The van der Waals surface area contributed by atoms with Crippen LogP contribution in [0.4, 0.5) is 0 Å². The summed E-state index contributed by atoms with van der Waals surface area (Å²) in [7, 11) is 0. The van der Waals surface area contributed by atoms with Crippen molar-refractivity contribution < 1.29 is 9.90 Å². The summed E-state index contributed by atoms with van der Waals surface area (Å²) in [6.45, 7) is 1.08. The van der Waals surface area contributed by atoms with Gasteiger partial charge >= 0.3 is 18.9 Å². The fraction of sp³-hybridized carbons (Fsp3) is 0.500. The van der Waals surface area contributed by atoms with Crippen LogP contribution < -0.4 is 0 Å². The Morgan fingerprint density at radius 2 is 1.67 bits per heavy atom. The van der Waals surface area contributed by atoms with Crippen molar-refractivity contribution in [2.24, 2.45) is 0 Å². The molecule has 0 atom stereocenters. The van der Waals surface area contributed by atoms with E-state index in [2.05, 4.69) is 0 Å². The van der Waals surface area contributed by atoms with Crippen LogP contribution in [0.15, 0.2) is 0 Å². The van der Waals surface area contributed by atoms with Gasteiger partial charge in [-0.2, -0.15) is 0 Å². The number of hydrogen-bond acceptors (Lipinski definition) is 1. The molecule has 0 saturated heterocycles. The van der Waals surface area contributed by atoms with Crippen LogP contribution in [-0.2, 0) is 4.79 Å². The van der Waals surface area contributed by atoms with Gasteiger partial charge in [0.25, 0.3) is 5.97 Å². The first-order chi connectivity index (χ1) is 1.73. The average molecular weight is 98.0 g/mol. The normalized spacial score (nSPS) is 4.17. The van der Waals surface area contributed by atoms with Crippen LogP contribution in [-0.4, -0.2) is 47.3 Å². The molecule has 0 spiro atoms. The van der Waals surface area contributed by atoms with Gasteiger partial charge < -0.3 is 5.11 Å². The van der Waals surface area contributed by atoms with Gasteiger partial charge in [0.1, 0.15) is 0 Å². The molecular weight excluding hydrogens is 89.9 g/mol. The Labute approximate surface area is 59.2 Å². The van der Waals surface area contributed by atoms with Crippen LogP contribution in [0.3, 0.4) is 0 Å². The van der Waals surface area contributed by atoms with E-state index in [0.717, 1.165) is 6.92 Å². The van der Waals surface area contributed by atoms with E-state index in [0.29, 0.717) is 0 Å². The molecule has 0 bridgehead atoms. The van der Waals surface area contributed by atoms with Gasteiger partial charge in [0.15, 0.2) is 17.4 Å². The predicted molar refractivity (Wildman–Crippen MR) is 30.4 cm³/mol. The van der Waals surface area contributed by atoms with E-state index in [-0.39, 0.29) is 36.2 Å². The number of aliphatic carboxylic acids is 1. The molecule has 1 N–H and O–H groups in total. The van der Waals surface area contributed by atoms with E-state index in [1.165, 1.54) is 0 Å². The molecule has 0 heterocycles. The minimum atomic E-state index is -0.833. The number of carboxylic acids is 1. The third-order valence-electron chi connectivity index (χ3n) is 0. The van der Waals surface area contributed by atoms with Crippen LogP contribution in [0.1, 0.15) is 6.92 Å². The molecule has 0 fully saturated rings. The van der Waals surface area contributed by atoms with Crippen molar-refractivity contribution in [3.8, 4) is 0 Å². The molecule has 0 radical (unpaired) electrons. The number of hydrogen-bond donors (Lipinski definition) is 1. The van der Waals surface area contributed by atoms with E-state index in [1.807, 2.05) is 0 Å². The van der Waals surface area contributed by atoms with Crippen molar-refractivity contribution in [1.29, 1.82) is 0 Å². The first-order valence-electron chi connectivity index (χ1n) is 0.928. The van der Waals surface area contributed by atoms with Crippen LogP contribution in [0.25, 0.3) is 0 Å². The summed E-state index contributed by atoms with van der Waals surface area (Å²) >= 11 is 0. The van der Waals surface area contributed by atoms with E-state index in [9.17, 15) is 0 Å². The maximum atomic E-state index is 9.00. The van der Waals surface area contributed by atoms with Crippen LogP contribution in [0.2, 0.25) is 0 Å². The number of carboxylic acid groups (broad SMARTS) is 1. The molecule has 4 heteroatoms. The number of carbonyl (C=O) groups is 1. The Bertz CT molecular complexity index is 34.5. The third kappa shape index (κ3) is 166. The Balaban J connectivity index is -0.0000000450. The molecule has 32 valence electrons. The Morgan fingerprint density at radius 3 is 1.67 bits per heavy atom. The Kier molecular flexibility index (Phi) is 24.3. The summed E-state index contributed by atoms with van der Waals surface area (Å²) < 4.78 is 0. The molecule has 2 nitrogen and oxygen atoms in total. The van der Waals surface area contributed by atoms with E-state index in [4.69, 9.17) is 9.90 Å². The zero-order valence-corrected chi connectivity index (χ0v) is 2.36. The summed E-state index contributed by atoms with van der Waals surface area (Å²) in [5, 5.41) is 7.42. The second kappa shape index (κ2) is 9.14. The summed E-state index contributed by atoms with van der Waals surface area (Å²) in [5.41, 5.74) is 0. The van der Waals surface area contributed by atoms with Crippen molar-refractivity contribution in [3.63, 3.8) is 0 Å². The summed E-state index contributed by atoms with van der Waals surface area (Å²) in [5.74, 6) is -0.833. The molecule has 0 aliphatic heterocycles. The first kappa shape index (κ1) is 16.0. The van der Waals surface area contributed by atoms with Crippen LogP contribution in [0, 0.1) is 0 Å². The molecule has 0 aromatic heterocycles. The topological polar surface area (TPSA) is 37.3 Å². The standard InChI is InChI=1S/C2H4O2.Al.Li.4H/c1-2(3)4;;;;;;/h1H3,(H,3,4);;;;;;. The van der Waals surface area contributed by atoms with E-state index in [1.54, 1.807) is 0 Å². The minimum absolute atomic E-state index is 0. The fourth-order valence-electron chi connectivity index (χ4n) is 0. The summed E-state index contributed by atoms with van der Waals surface area (Å²) in [6, 6.07) is 0. The molecule has 0 aromatic carbocycles. The van der Waals surface area contributed by atoms with Crippen molar-refractivity contribution in [3.05, 3.63) is 0 Å². The molecule has 0 saturated carbocycles. The van der Waals surface area contributed by atoms with Gasteiger partial charge in [-0.25, -0.2) is 0 Å². The molecule has 0 aliphatic carbocycles. The van der Waals surface area contributed by atoms with Crippen molar-refractivity contribution in [1.82, 2.24) is 0 Å². The molecule has 0 aliphatic rings. The molecular formula is C2H8AlLiO2. The molecule has 6 heavy (non-hydrogen) atoms. The number of rotatable bonds is 0. The van der Waals surface area contributed by atoms with Gasteiger partial charge in [0, 0.05) is 6.92 Å². The predicted octanol–water partition coefficient (Wildman–Crippen LogP) is -1.74. The molecule has 0 amide bonds. The zero-order valence-electron chi connectivity index (χ0n) is 2.36. The van der Waals surface area contributed by atoms with Gasteiger partial charge in [0.05, 0.1) is 0 Å². The summed E-state index contributed by atoms with van der Waals surface area (Å²) in [6.07, 6.45) is 0. The monoisotopic (exact) mass is 98.0 g/mol. The van der Waals surface area contributed by atoms with Gasteiger partial charge in [-0.3, -0.25) is 4.79 Å².